The lowest BCUT2D eigenvalue weighted by atomic mass is 10.1. The second-order valence-electron chi connectivity index (χ2n) is 4.91. The Balaban J connectivity index is 2.21. The van der Waals surface area contributed by atoms with E-state index in [4.69, 9.17) is 4.74 Å². The Labute approximate surface area is 116 Å². The molecule has 0 saturated carbocycles. The van der Waals surface area contributed by atoms with E-state index in [2.05, 4.69) is 41.2 Å². The Kier molecular flexibility index (Phi) is 5.76. The first kappa shape index (κ1) is 14.4. The van der Waals surface area contributed by atoms with Gasteiger partial charge in [0.25, 0.3) is 0 Å². The van der Waals surface area contributed by atoms with Crippen molar-refractivity contribution in [2.45, 2.75) is 39.0 Å². The molecule has 0 amide bonds. The second-order valence-corrected chi connectivity index (χ2v) is 4.91. The first-order chi connectivity index (χ1) is 9.36. The highest BCUT2D eigenvalue weighted by atomic mass is 16.5. The van der Waals surface area contributed by atoms with Crippen molar-refractivity contribution in [2.75, 3.05) is 26.2 Å². The van der Waals surface area contributed by atoms with Crippen molar-refractivity contribution >= 4 is 0 Å². The number of pyridine rings is 1. The van der Waals surface area contributed by atoms with Crippen LogP contribution in [-0.4, -0.2) is 42.4 Å². The largest absolute Gasteiger partial charge is 0.363 e. The zero-order valence-corrected chi connectivity index (χ0v) is 12.0. The van der Waals surface area contributed by atoms with Gasteiger partial charge in [0.15, 0.2) is 0 Å². The number of ether oxygens (including phenoxy) is 1. The maximum Gasteiger partial charge on any atom is 0.112 e. The predicted octanol–water partition coefficient (Wildman–Crippen LogP) is 2.19. The molecule has 0 aliphatic carbocycles. The summed E-state index contributed by atoms with van der Waals surface area (Å²) in [6.45, 7) is 8.05. The van der Waals surface area contributed by atoms with Crippen LogP contribution in [0.3, 0.4) is 0 Å². The molecule has 4 nitrogen and oxygen atoms in total. The van der Waals surface area contributed by atoms with E-state index in [1.54, 1.807) is 0 Å². The van der Waals surface area contributed by atoms with Crippen LogP contribution in [0, 0.1) is 0 Å². The summed E-state index contributed by atoms with van der Waals surface area (Å²) in [6, 6.07) is 6.45. The van der Waals surface area contributed by atoms with Crippen molar-refractivity contribution in [1.82, 2.24) is 15.2 Å². The molecule has 1 saturated heterocycles. The molecule has 2 rings (SSSR count). The van der Waals surface area contributed by atoms with Crippen molar-refractivity contribution in [3.8, 4) is 0 Å². The molecule has 0 spiro atoms. The Morgan fingerprint density at radius 1 is 1.42 bits per heavy atom. The lowest BCUT2D eigenvalue weighted by molar-refractivity contribution is -0.0721. The fourth-order valence-corrected chi connectivity index (χ4v) is 2.73. The molecule has 4 heteroatoms. The molecule has 19 heavy (non-hydrogen) atoms. The molecule has 1 aliphatic rings. The van der Waals surface area contributed by atoms with Crippen molar-refractivity contribution < 1.29 is 4.74 Å². The zero-order chi connectivity index (χ0) is 13.5. The van der Waals surface area contributed by atoms with Crippen molar-refractivity contribution in [2.24, 2.45) is 0 Å². The highest BCUT2D eigenvalue weighted by Gasteiger charge is 2.30. The molecule has 1 N–H and O–H groups in total. The number of nitrogens with one attached hydrogen (secondary N) is 1. The highest BCUT2D eigenvalue weighted by molar-refractivity contribution is 5.10. The average Bonchev–Trinajstić information content (AvgIpc) is 2.64. The number of hydrogen-bond donors (Lipinski definition) is 1. The average molecular weight is 263 g/mol. The van der Waals surface area contributed by atoms with Crippen LogP contribution < -0.4 is 5.32 Å². The minimum absolute atomic E-state index is 0.201. The van der Waals surface area contributed by atoms with Crippen molar-refractivity contribution in [3.63, 3.8) is 0 Å². The third kappa shape index (κ3) is 3.75. The smallest absolute Gasteiger partial charge is 0.112 e. The van der Waals surface area contributed by atoms with Crippen molar-refractivity contribution in [1.29, 1.82) is 0 Å². The van der Waals surface area contributed by atoms with E-state index in [1.165, 1.54) is 0 Å². The SMILES string of the molecule is CCCN1C(OCC)CCNCC1c1ccccn1. The Morgan fingerprint density at radius 3 is 3.00 bits per heavy atom. The number of hydrogen-bond acceptors (Lipinski definition) is 4. The van der Waals surface area contributed by atoms with Gasteiger partial charge in [-0.15, -0.1) is 0 Å². The molecular formula is C15H25N3O. The zero-order valence-electron chi connectivity index (χ0n) is 12.0. The fourth-order valence-electron chi connectivity index (χ4n) is 2.73. The molecule has 1 fully saturated rings. The molecule has 2 atom stereocenters. The van der Waals surface area contributed by atoms with Gasteiger partial charge in [-0.25, -0.2) is 0 Å². The molecule has 1 aromatic rings. The van der Waals surface area contributed by atoms with E-state index < -0.39 is 0 Å². The quantitative estimate of drug-likeness (QED) is 0.883. The Bertz CT molecular complexity index is 358. The van der Waals surface area contributed by atoms with Gasteiger partial charge in [-0.05, 0) is 38.4 Å². The lowest BCUT2D eigenvalue weighted by Crippen LogP contribution is -2.41. The normalized spacial score (nSPS) is 25.2. The molecule has 1 aliphatic heterocycles. The minimum atomic E-state index is 0.201. The van der Waals surface area contributed by atoms with Gasteiger partial charge in [0.05, 0.1) is 11.7 Å². The topological polar surface area (TPSA) is 37.4 Å². The summed E-state index contributed by atoms with van der Waals surface area (Å²) in [5.41, 5.74) is 1.13. The molecule has 0 radical (unpaired) electrons. The van der Waals surface area contributed by atoms with Crippen molar-refractivity contribution in [3.05, 3.63) is 30.1 Å². The summed E-state index contributed by atoms with van der Waals surface area (Å²) in [4.78, 5) is 7.00. The van der Waals surface area contributed by atoms with Crippen LogP contribution >= 0.6 is 0 Å². The van der Waals surface area contributed by atoms with Crippen LogP contribution in [0.15, 0.2) is 24.4 Å². The summed E-state index contributed by atoms with van der Waals surface area (Å²) in [7, 11) is 0. The maximum atomic E-state index is 5.94. The van der Waals surface area contributed by atoms with Crippen LogP contribution in [0.2, 0.25) is 0 Å². The minimum Gasteiger partial charge on any atom is -0.363 e. The second kappa shape index (κ2) is 7.58. The van der Waals surface area contributed by atoms with Gasteiger partial charge >= 0.3 is 0 Å². The molecule has 2 heterocycles. The summed E-state index contributed by atoms with van der Waals surface area (Å²) in [5.74, 6) is 0. The van der Waals surface area contributed by atoms with E-state index in [1.807, 2.05) is 12.3 Å². The van der Waals surface area contributed by atoms with Crippen LogP contribution in [0.4, 0.5) is 0 Å². The van der Waals surface area contributed by atoms with Gasteiger partial charge in [-0.2, -0.15) is 0 Å². The number of rotatable bonds is 5. The predicted molar refractivity (Wildman–Crippen MR) is 76.9 cm³/mol. The molecule has 0 aromatic carbocycles. The highest BCUT2D eigenvalue weighted by Crippen LogP contribution is 2.25. The first-order valence-electron chi connectivity index (χ1n) is 7.35. The standard InChI is InChI=1S/C15H25N3O/c1-3-11-18-14(13-7-5-6-9-17-13)12-16-10-8-15(18)19-4-2/h5-7,9,14-16H,3-4,8,10-12H2,1-2H3. The summed E-state index contributed by atoms with van der Waals surface area (Å²) in [5, 5.41) is 3.51. The van der Waals surface area contributed by atoms with Gasteiger partial charge < -0.3 is 10.1 Å². The fraction of sp³-hybridized carbons (Fsp3) is 0.667. The van der Waals surface area contributed by atoms with E-state index in [9.17, 15) is 0 Å². The van der Waals surface area contributed by atoms with E-state index >= 15 is 0 Å². The molecule has 106 valence electrons. The van der Waals surface area contributed by atoms with Gasteiger partial charge in [0.1, 0.15) is 6.23 Å². The summed E-state index contributed by atoms with van der Waals surface area (Å²) in [6.07, 6.45) is 4.25. The van der Waals surface area contributed by atoms with Gasteiger partial charge in [0.2, 0.25) is 0 Å². The maximum absolute atomic E-state index is 5.94. The number of aromatic nitrogens is 1. The molecule has 1 aromatic heterocycles. The van der Waals surface area contributed by atoms with E-state index in [-0.39, 0.29) is 6.23 Å². The summed E-state index contributed by atoms with van der Waals surface area (Å²) < 4.78 is 5.94. The molecule has 0 bridgehead atoms. The third-order valence-electron chi connectivity index (χ3n) is 3.55. The Morgan fingerprint density at radius 2 is 2.32 bits per heavy atom. The third-order valence-corrected chi connectivity index (χ3v) is 3.55. The van der Waals surface area contributed by atoms with Gasteiger partial charge in [-0.3, -0.25) is 9.88 Å². The van der Waals surface area contributed by atoms with E-state index in [0.29, 0.717) is 6.04 Å². The molecular weight excluding hydrogens is 238 g/mol. The van der Waals surface area contributed by atoms with Crippen LogP contribution in [0.1, 0.15) is 38.4 Å². The number of nitrogens with zero attached hydrogens (tertiary/aromatic N) is 2. The van der Waals surface area contributed by atoms with Crippen LogP contribution in [0.5, 0.6) is 0 Å². The van der Waals surface area contributed by atoms with Crippen LogP contribution in [-0.2, 0) is 4.74 Å². The van der Waals surface area contributed by atoms with Gasteiger partial charge in [0, 0.05) is 25.9 Å². The van der Waals surface area contributed by atoms with E-state index in [0.717, 1.165) is 44.8 Å². The summed E-state index contributed by atoms with van der Waals surface area (Å²) >= 11 is 0. The van der Waals surface area contributed by atoms with Crippen LogP contribution in [0.25, 0.3) is 0 Å². The lowest BCUT2D eigenvalue weighted by Gasteiger charge is -2.35. The van der Waals surface area contributed by atoms with Gasteiger partial charge in [-0.1, -0.05) is 13.0 Å². The Hall–Kier alpha value is -0.970. The monoisotopic (exact) mass is 263 g/mol. The first-order valence-corrected chi connectivity index (χ1v) is 7.35. The molecule has 2 unspecified atom stereocenters.